The third-order valence-corrected chi connectivity index (χ3v) is 4.93. The fourth-order valence-corrected chi connectivity index (χ4v) is 3.41. The lowest BCUT2D eigenvalue weighted by atomic mass is 9.77. The smallest absolute Gasteiger partial charge is 0.165 e. The Balaban J connectivity index is 2.84. The van der Waals surface area contributed by atoms with E-state index in [1.165, 1.54) is 0 Å². The van der Waals surface area contributed by atoms with Gasteiger partial charge in [0.1, 0.15) is 5.75 Å². The van der Waals surface area contributed by atoms with Gasteiger partial charge in [-0.15, -0.1) is 0 Å². The molecule has 0 atom stereocenters. The van der Waals surface area contributed by atoms with E-state index in [1.54, 1.807) is 7.11 Å². The fraction of sp³-hybridized carbons (Fsp3) is 0.500. The van der Waals surface area contributed by atoms with Gasteiger partial charge in [0.05, 0.1) is 7.11 Å². The van der Waals surface area contributed by atoms with Crippen molar-refractivity contribution in [1.82, 2.24) is 0 Å². The molecule has 0 aromatic heterocycles. The van der Waals surface area contributed by atoms with Gasteiger partial charge in [-0.3, -0.25) is 0 Å². The summed E-state index contributed by atoms with van der Waals surface area (Å²) in [6.45, 7) is 14.7. The van der Waals surface area contributed by atoms with Crippen molar-refractivity contribution in [2.24, 2.45) is 0 Å². The second-order valence-electron chi connectivity index (χ2n) is 9.36. The summed E-state index contributed by atoms with van der Waals surface area (Å²) in [5, 5.41) is 21.8. The molecule has 0 unspecified atom stereocenters. The fourth-order valence-electron chi connectivity index (χ4n) is 3.41. The second kappa shape index (κ2) is 7.46. The Morgan fingerprint density at radius 1 is 0.815 bits per heavy atom. The van der Waals surface area contributed by atoms with Gasteiger partial charge in [-0.05, 0) is 52.6 Å². The monoisotopic (exact) mass is 370 g/mol. The van der Waals surface area contributed by atoms with Crippen LogP contribution in [-0.2, 0) is 17.3 Å². The third-order valence-electron chi connectivity index (χ3n) is 4.93. The maximum atomic E-state index is 11.0. The van der Waals surface area contributed by atoms with Crippen molar-refractivity contribution in [3.05, 3.63) is 41.0 Å². The van der Waals surface area contributed by atoms with Crippen molar-refractivity contribution >= 4 is 0 Å². The van der Waals surface area contributed by atoms with Gasteiger partial charge in [0.15, 0.2) is 11.5 Å². The Hall–Kier alpha value is -2.16. The Morgan fingerprint density at radius 2 is 1.33 bits per heavy atom. The summed E-state index contributed by atoms with van der Waals surface area (Å²) >= 11 is 0. The summed E-state index contributed by atoms with van der Waals surface area (Å²) in [6.07, 6.45) is 1.93. The molecular formula is C24H34O3. The number of aryl methyl sites for hydroxylation is 1. The minimum absolute atomic E-state index is 0.141. The van der Waals surface area contributed by atoms with Gasteiger partial charge >= 0.3 is 0 Å². The summed E-state index contributed by atoms with van der Waals surface area (Å²) in [6, 6.07) is 7.92. The predicted octanol–water partition coefficient (Wildman–Crippen LogP) is 6.32. The van der Waals surface area contributed by atoms with E-state index in [2.05, 4.69) is 48.5 Å². The van der Waals surface area contributed by atoms with Crippen molar-refractivity contribution in [2.75, 3.05) is 7.11 Å². The molecule has 0 saturated heterocycles. The Labute approximate surface area is 164 Å². The van der Waals surface area contributed by atoms with Crippen molar-refractivity contribution in [2.45, 2.75) is 72.1 Å². The molecule has 0 aliphatic heterocycles. The Kier molecular flexibility index (Phi) is 5.84. The lowest BCUT2D eigenvalue weighted by molar-refractivity contribution is 0.374. The Morgan fingerprint density at radius 3 is 1.74 bits per heavy atom. The molecule has 2 aromatic rings. The normalized spacial score (nSPS) is 12.3. The molecule has 0 spiro atoms. The molecule has 0 aliphatic carbocycles. The van der Waals surface area contributed by atoms with Crippen LogP contribution < -0.4 is 4.74 Å². The molecule has 0 radical (unpaired) electrons. The van der Waals surface area contributed by atoms with E-state index in [1.807, 2.05) is 24.3 Å². The van der Waals surface area contributed by atoms with Crippen molar-refractivity contribution < 1.29 is 14.9 Å². The topological polar surface area (TPSA) is 49.7 Å². The SMILES string of the molecule is CCCc1cc(OC)c(O)c(-c2cc(C(C)(C)C)c(O)c(C(C)(C)C)c2)c1. The highest BCUT2D eigenvalue weighted by Crippen LogP contribution is 2.45. The number of phenolic OH excluding ortho intramolecular Hbond substituents is 2. The number of phenols is 2. The first-order valence-electron chi connectivity index (χ1n) is 9.68. The summed E-state index contributed by atoms with van der Waals surface area (Å²) in [7, 11) is 1.58. The van der Waals surface area contributed by atoms with E-state index in [9.17, 15) is 10.2 Å². The summed E-state index contributed by atoms with van der Waals surface area (Å²) in [4.78, 5) is 0. The molecule has 148 valence electrons. The molecule has 0 saturated carbocycles. The van der Waals surface area contributed by atoms with Gasteiger partial charge in [0.2, 0.25) is 0 Å². The highest BCUT2D eigenvalue weighted by atomic mass is 16.5. The molecule has 27 heavy (non-hydrogen) atoms. The first-order chi connectivity index (χ1) is 12.4. The van der Waals surface area contributed by atoms with Gasteiger partial charge in [0.25, 0.3) is 0 Å². The molecule has 0 heterocycles. The minimum Gasteiger partial charge on any atom is -0.507 e. The maximum absolute atomic E-state index is 11.0. The van der Waals surface area contributed by atoms with Crippen molar-refractivity contribution in [3.63, 3.8) is 0 Å². The Bertz CT molecular complexity index is 786. The van der Waals surface area contributed by atoms with Crippen LogP contribution in [0.25, 0.3) is 11.1 Å². The van der Waals surface area contributed by atoms with Crippen LogP contribution in [0.15, 0.2) is 24.3 Å². The number of benzene rings is 2. The highest BCUT2D eigenvalue weighted by molar-refractivity contribution is 5.77. The number of methoxy groups -OCH3 is 1. The average Bonchev–Trinajstić information content (AvgIpc) is 2.54. The van der Waals surface area contributed by atoms with E-state index >= 15 is 0 Å². The van der Waals surface area contributed by atoms with Crippen LogP contribution in [-0.4, -0.2) is 17.3 Å². The maximum Gasteiger partial charge on any atom is 0.165 e. The zero-order valence-corrected chi connectivity index (χ0v) is 18.0. The average molecular weight is 371 g/mol. The summed E-state index contributed by atoms with van der Waals surface area (Å²) in [5.74, 6) is 0.969. The summed E-state index contributed by atoms with van der Waals surface area (Å²) in [5.41, 5.74) is 4.09. The zero-order chi connectivity index (χ0) is 20.6. The van der Waals surface area contributed by atoms with E-state index in [4.69, 9.17) is 4.74 Å². The lowest BCUT2D eigenvalue weighted by Gasteiger charge is -2.28. The standard InChI is InChI=1S/C24H34O3/c1-9-10-15-11-17(21(25)20(12-15)27-8)16-13-18(23(2,3)4)22(26)19(14-16)24(5,6)7/h11-14,25-26H,9-10H2,1-8H3. The third kappa shape index (κ3) is 4.40. The first-order valence-corrected chi connectivity index (χ1v) is 9.68. The van der Waals surface area contributed by atoms with Gasteiger partial charge in [-0.1, -0.05) is 54.9 Å². The number of rotatable bonds is 4. The number of aromatic hydroxyl groups is 2. The lowest BCUT2D eigenvalue weighted by Crippen LogP contribution is -2.17. The molecule has 0 aliphatic rings. The quantitative estimate of drug-likeness (QED) is 0.662. The van der Waals surface area contributed by atoms with E-state index in [-0.39, 0.29) is 16.6 Å². The first kappa shape index (κ1) is 21.1. The molecule has 3 heteroatoms. The van der Waals surface area contributed by atoms with Crippen LogP contribution in [0.3, 0.4) is 0 Å². The van der Waals surface area contributed by atoms with Gasteiger partial charge in [0, 0.05) is 16.7 Å². The number of hydrogen-bond donors (Lipinski definition) is 2. The van der Waals surface area contributed by atoms with Gasteiger partial charge in [-0.2, -0.15) is 0 Å². The molecule has 0 amide bonds. The van der Waals surface area contributed by atoms with Crippen LogP contribution in [0.1, 0.15) is 71.6 Å². The van der Waals surface area contributed by atoms with Crippen LogP contribution >= 0.6 is 0 Å². The molecule has 2 N–H and O–H groups in total. The van der Waals surface area contributed by atoms with Crippen LogP contribution in [0.4, 0.5) is 0 Å². The molecule has 0 fully saturated rings. The van der Waals surface area contributed by atoms with Crippen LogP contribution in [0, 0.1) is 0 Å². The van der Waals surface area contributed by atoms with Gasteiger partial charge in [-0.25, -0.2) is 0 Å². The minimum atomic E-state index is -0.221. The molecule has 3 nitrogen and oxygen atoms in total. The van der Waals surface area contributed by atoms with Crippen molar-refractivity contribution in [3.8, 4) is 28.4 Å². The second-order valence-corrected chi connectivity index (χ2v) is 9.36. The largest absolute Gasteiger partial charge is 0.507 e. The van der Waals surface area contributed by atoms with Gasteiger partial charge < -0.3 is 14.9 Å². The van der Waals surface area contributed by atoms with E-state index in [0.717, 1.165) is 40.7 Å². The molecule has 0 bridgehead atoms. The zero-order valence-electron chi connectivity index (χ0n) is 18.0. The summed E-state index contributed by atoms with van der Waals surface area (Å²) < 4.78 is 5.41. The predicted molar refractivity (Wildman–Crippen MR) is 113 cm³/mol. The van der Waals surface area contributed by atoms with Crippen LogP contribution in [0.5, 0.6) is 17.2 Å². The van der Waals surface area contributed by atoms with Crippen LogP contribution in [0.2, 0.25) is 0 Å². The molecule has 2 rings (SSSR count). The molecular weight excluding hydrogens is 336 g/mol. The highest BCUT2D eigenvalue weighted by Gasteiger charge is 2.27. The number of ether oxygens (including phenoxy) is 1. The number of hydrogen-bond acceptors (Lipinski definition) is 3. The van der Waals surface area contributed by atoms with E-state index < -0.39 is 0 Å². The molecule has 2 aromatic carbocycles. The van der Waals surface area contributed by atoms with E-state index in [0.29, 0.717) is 11.5 Å². The van der Waals surface area contributed by atoms with Crippen molar-refractivity contribution in [1.29, 1.82) is 0 Å².